The molecule has 0 aliphatic carbocycles. The van der Waals surface area contributed by atoms with Crippen LogP contribution in [0.25, 0.3) is 10.6 Å². The molecular formula is C33H31N5O5S. The van der Waals surface area contributed by atoms with Crippen LogP contribution >= 0.6 is 11.3 Å². The minimum atomic E-state index is -0.973. The Kier molecular flexibility index (Phi) is 7.14. The average Bonchev–Trinajstić information content (AvgIpc) is 3.39. The van der Waals surface area contributed by atoms with Crippen LogP contribution in [0.1, 0.15) is 54.4 Å². The summed E-state index contributed by atoms with van der Waals surface area (Å²) < 4.78 is 5.46. The fourth-order valence-corrected chi connectivity index (χ4v) is 7.23. The van der Waals surface area contributed by atoms with Crippen LogP contribution in [-0.4, -0.2) is 65.7 Å². The van der Waals surface area contributed by atoms with Crippen LogP contribution in [0.3, 0.4) is 0 Å². The second-order valence-corrected chi connectivity index (χ2v) is 12.8. The minimum absolute atomic E-state index is 0.198. The number of thiophene rings is 1. The number of ether oxygens (including phenoxy) is 1. The Morgan fingerprint density at radius 3 is 2.50 bits per heavy atom. The van der Waals surface area contributed by atoms with E-state index in [9.17, 15) is 19.5 Å². The van der Waals surface area contributed by atoms with Crippen molar-refractivity contribution >= 4 is 46.3 Å². The lowest BCUT2D eigenvalue weighted by atomic mass is 9.77. The number of carboxylic acids is 1. The summed E-state index contributed by atoms with van der Waals surface area (Å²) in [5.74, 6) is -0.732. The Morgan fingerprint density at radius 2 is 1.80 bits per heavy atom. The summed E-state index contributed by atoms with van der Waals surface area (Å²) >= 11 is 1.18. The smallest absolute Gasteiger partial charge is 0.345 e. The molecule has 7 rings (SSSR count). The van der Waals surface area contributed by atoms with Gasteiger partial charge in [-0.25, -0.2) is 9.78 Å². The summed E-state index contributed by atoms with van der Waals surface area (Å²) in [6, 6.07) is 14.0. The first-order valence-corrected chi connectivity index (χ1v) is 15.5. The highest BCUT2D eigenvalue weighted by atomic mass is 32.1. The van der Waals surface area contributed by atoms with Gasteiger partial charge in [-0.15, -0.1) is 11.3 Å². The second kappa shape index (κ2) is 11.1. The van der Waals surface area contributed by atoms with E-state index in [-0.39, 0.29) is 22.1 Å². The fourth-order valence-electron chi connectivity index (χ4n) is 6.18. The van der Waals surface area contributed by atoms with Gasteiger partial charge in [-0.1, -0.05) is 0 Å². The zero-order chi connectivity index (χ0) is 30.4. The SMILES string of the molecule is Cc1cnc(N2CCC3(CC2)COC3)c(C(=O)Nc2ccc(C(=O)N3CCc4cc(C(=O)O)sc4-c4ncccc43)cc2)c1. The first-order chi connectivity index (χ1) is 21.3. The number of aromatic carboxylic acids is 1. The molecule has 4 aromatic rings. The van der Waals surface area contributed by atoms with Crippen LogP contribution in [0.15, 0.2) is 60.9 Å². The van der Waals surface area contributed by atoms with Crippen molar-refractivity contribution in [2.24, 2.45) is 5.41 Å². The molecule has 224 valence electrons. The van der Waals surface area contributed by atoms with E-state index >= 15 is 0 Å². The predicted molar refractivity (Wildman–Crippen MR) is 168 cm³/mol. The molecule has 0 bridgehead atoms. The summed E-state index contributed by atoms with van der Waals surface area (Å²) in [5.41, 5.74) is 4.86. The number of fused-ring (bicyclic) bond motifs is 3. The summed E-state index contributed by atoms with van der Waals surface area (Å²) in [4.78, 5) is 52.9. The number of carboxylic acid groups (broad SMARTS) is 1. The maximum atomic E-state index is 13.7. The Labute approximate surface area is 258 Å². The van der Waals surface area contributed by atoms with Gasteiger partial charge in [0, 0.05) is 48.7 Å². The van der Waals surface area contributed by atoms with Gasteiger partial charge in [-0.2, -0.15) is 0 Å². The zero-order valence-corrected chi connectivity index (χ0v) is 25.0. The minimum Gasteiger partial charge on any atom is -0.477 e. The van der Waals surface area contributed by atoms with Gasteiger partial charge >= 0.3 is 5.97 Å². The molecule has 0 saturated carbocycles. The Balaban J connectivity index is 1.08. The summed E-state index contributed by atoms with van der Waals surface area (Å²) in [7, 11) is 0. The zero-order valence-electron chi connectivity index (χ0n) is 24.2. The highest BCUT2D eigenvalue weighted by Gasteiger charge is 2.41. The molecule has 3 aromatic heterocycles. The molecule has 11 heteroatoms. The quantitative estimate of drug-likeness (QED) is 0.313. The van der Waals surface area contributed by atoms with Gasteiger partial charge in [0.25, 0.3) is 11.8 Å². The van der Waals surface area contributed by atoms with Crippen molar-refractivity contribution in [3.63, 3.8) is 0 Å². The van der Waals surface area contributed by atoms with Gasteiger partial charge in [0.1, 0.15) is 16.4 Å². The summed E-state index contributed by atoms with van der Waals surface area (Å²) in [6.07, 6.45) is 6.00. The van der Waals surface area contributed by atoms with Crippen LogP contribution in [0, 0.1) is 12.3 Å². The van der Waals surface area contributed by atoms with Crippen LogP contribution in [-0.2, 0) is 11.2 Å². The van der Waals surface area contributed by atoms with E-state index < -0.39 is 5.97 Å². The second-order valence-electron chi connectivity index (χ2n) is 11.7. The number of piperidine rings is 1. The maximum absolute atomic E-state index is 13.7. The first kappa shape index (κ1) is 28.2. The van der Waals surface area contributed by atoms with Crippen LogP contribution in [0.4, 0.5) is 17.2 Å². The molecule has 0 unspecified atom stereocenters. The van der Waals surface area contributed by atoms with Crippen LogP contribution in [0.5, 0.6) is 0 Å². The molecule has 1 aromatic carbocycles. The molecule has 10 nitrogen and oxygen atoms in total. The molecule has 3 aliphatic heterocycles. The third-order valence-electron chi connectivity index (χ3n) is 8.74. The van der Waals surface area contributed by atoms with Crippen molar-refractivity contribution in [3.8, 4) is 10.6 Å². The molecule has 2 saturated heterocycles. The summed E-state index contributed by atoms with van der Waals surface area (Å²) in [5, 5.41) is 12.5. The maximum Gasteiger partial charge on any atom is 0.345 e. The highest BCUT2D eigenvalue weighted by Crippen LogP contribution is 2.41. The lowest BCUT2D eigenvalue weighted by molar-refractivity contribution is -0.124. The van der Waals surface area contributed by atoms with Gasteiger partial charge in [-0.3, -0.25) is 14.6 Å². The summed E-state index contributed by atoms with van der Waals surface area (Å²) in [6.45, 7) is 5.61. The van der Waals surface area contributed by atoms with E-state index in [0.29, 0.717) is 47.0 Å². The number of anilines is 3. The molecule has 6 heterocycles. The number of aryl methyl sites for hydroxylation is 1. The molecule has 1 spiro atoms. The Bertz CT molecular complexity index is 1770. The van der Waals surface area contributed by atoms with Crippen molar-refractivity contribution in [2.75, 3.05) is 48.0 Å². The normalized spacial score (nSPS) is 16.8. The molecular weight excluding hydrogens is 578 g/mol. The number of hydrogen-bond donors (Lipinski definition) is 2. The standard InChI is InChI=1S/C33H31N5O5S/c1-20-15-24(29(35-17-20)37-13-9-33(10-14-37)18-43-19-33)30(39)36-23-6-4-21(5-7-23)31(40)38-12-8-22-16-26(32(41)42)44-28(22)27-25(38)3-2-11-34-27/h2-7,11,15-17H,8-10,12-14,18-19H2,1H3,(H,36,39)(H,41,42). The van der Waals surface area contributed by atoms with Gasteiger partial charge in [0.15, 0.2) is 0 Å². The monoisotopic (exact) mass is 609 g/mol. The largest absolute Gasteiger partial charge is 0.477 e. The van der Waals surface area contributed by atoms with Crippen molar-refractivity contribution < 1.29 is 24.2 Å². The van der Waals surface area contributed by atoms with E-state index in [1.807, 2.05) is 19.1 Å². The number of benzene rings is 1. The molecule has 0 atom stereocenters. The van der Waals surface area contributed by atoms with Gasteiger partial charge in [0.05, 0.1) is 29.3 Å². The Hall–Kier alpha value is -4.61. The van der Waals surface area contributed by atoms with E-state index in [1.54, 1.807) is 53.7 Å². The molecule has 0 radical (unpaired) electrons. The van der Waals surface area contributed by atoms with E-state index in [2.05, 4.69) is 20.2 Å². The fraction of sp³-hybridized carbons (Fsp3) is 0.303. The molecule has 3 aliphatic rings. The lowest BCUT2D eigenvalue weighted by Gasteiger charge is -2.47. The average molecular weight is 610 g/mol. The van der Waals surface area contributed by atoms with Crippen molar-refractivity contribution in [2.45, 2.75) is 26.2 Å². The van der Waals surface area contributed by atoms with E-state index in [0.717, 1.165) is 55.1 Å². The van der Waals surface area contributed by atoms with Crippen LogP contribution < -0.4 is 15.1 Å². The van der Waals surface area contributed by atoms with Gasteiger partial charge in [0.2, 0.25) is 0 Å². The Morgan fingerprint density at radius 1 is 1.02 bits per heavy atom. The highest BCUT2D eigenvalue weighted by molar-refractivity contribution is 7.17. The molecule has 2 amide bonds. The number of hydrogen-bond acceptors (Lipinski definition) is 8. The van der Waals surface area contributed by atoms with Crippen LogP contribution in [0.2, 0.25) is 0 Å². The molecule has 2 fully saturated rings. The number of nitrogens with one attached hydrogen (secondary N) is 1. The number of aromatic nitrogens is 2. The van der Waals surface area contributed by atoms with E-state index in [4.69, 9.17) is 4.74 Å². The first-order valence-electron chi connectivity index (χ1n) is 14.6. The van der Waals surface area contributed by atoms with Crippen molar-refractivity contribution in [1.82, 2.24) is 9.97 Å². The number of pyridine rings is 2. The third-order valence-corrected chi connectivity index (χ3v) is 9.91. The van der Waals surface area contributed by atoms with Crippen molar-refractivity contribution in [1.29, 1.82) is 0 Å². The number of rotatable bonds is 5. The number of carbonyl (C=O) groups excluding carboxylic acids is 2. The molecule has 44 heavy (non-hydrogen) atoms. The van der Waals surface area contributed by atoms with Gasteiger partial charge < -0.3 is 25.0 Å². The van der Waals surface area contributed by atoms with E-state index in [1.165, 1.54) is 11.3 Å². The number of amides is 2. The van der Waals surface area contributed by atoms with Crippen molar-refractivity contribution in [3.05, 3.63) is 88.1 Å². The number of nitrogens with zero attached hydrogens (tertiary/aromatic N) is 4. The number of carbonyl (C=O) groups is 3. The predicted octanol–water partition coefficient (Wildman–Crippen LogP) is 5.28. The molecule has 2 N–H and O–H groups in total. The third kappa shape index (κ3) is 5.11. The van der Waals surface area contributed by atoms with Gasteiger partial charge in [-0.05, 0) is 85.8 Å². The topological polar surface area (TPSA) is 125 Å². The lowest BCUT2D eigenvalue weighted by Crippen LogP contribution is -2.51.